The van der Waals surface area contributed by atoms with Crippen LogP contribution in [0, 0.1) is 17.8 Å². The molecule has 0 aromatic carbocycles. The third-order valence-corrected chi connectivity index (χ3v) is 7.03. The number of carboxylic acids is 1. The first-order valence-electron chi connectivity index (χ1n) is 10.0. The van der Waals surface area contributed by atoms with Gasteiger partial charge in [0.2, 0.25) is 5.43 Å². The van der Waals surface area contributed by atoms with Crippen molar-refractivity contribution in [2.24, 2.45) is 23.5 Å². The predicted octanol–water partition coefficient (Wildman–Crippen LogP) is 2.67. The molecule has 7 nitrogen and oxygen atoms in total. The van der Waals surface area contributed by atoms with Crippen LogP contribution in [0.4, 0.5) is 5.82 Å². The van der Waals surface area contributed by atoms with Crippen LogP contribution in [-0.2, 0) is 0 Å². The zero-order valence-corrected chi connectivity index (χ0v) is 16.8. The number of rotatable bonds is 3. The number of pyridine rings is 2. The van der Waals surface area contributed by atoms with Gasteiger partial charge in [-0.3, -0.25) is 4.79 Å². The number of carboxylic acid groups (broad SMARTS) is 1. The Morgan fingerprint density at radius 3 is 2.66 bits per heavy atom. The number of hydrogen-bond acceptors (Lipinski definition) is 5. The Morgan fingerprint density at radius 1 is 1.28 bits per heavy atom. The maximum absolute atomic E-state index is 12.7. The summed E-state index contributed by atoms with van der Waals surface area (Å²) in [5, 5.41) is 10.1. The van der Waals surface area contributed by atoms with E-state index in [2.05, 4.69) is 29.0 Å². The van der Waals surface area contributed by atoms with Crippen molar-refractivity contribution in [3.63, 3.8) is 0 Å². The Balaban J connectivity index is 1.63. The molecule has 2 fully saturated rings. The second kappa shape index (κ2) is 6.57. The van der Waals surface area contributed by atoms with Gasteiger partial charge in [-0.15, -0.1) is 0 Å². The molecule has 3 aliphatic rings. The molecule has 0 unspecified atom stereocenters. The minimum absolute atomic E-state index is 0.0169. The summed E-state index contributed by atoms with van der Waals surface area (Å²) in [4.78, 5) is 30.9. The third kappa shape index (κ3) is 2.87. The Morgan fingerprint density at radius 2 is 2.00 bits per heavy atom. The van der Waals surface area contributed by atoms with Crippen molar-refractivity contribution in [1.82, 2.24) is 9.55 Å². The normalized spacial score (nSPS) is 28.7. The van der Waals surface area contributed by atoms with Gasteiger partial charge in [-0.05, 0) is 24.7 Å². The van der Waals surface area contributed by atoms with Crippen molar-refractivity contribution in [1.29, 1.82) is 0 Å². The average molecular weight is 415 g/mol. The highest BCUT2D eigenvalue weighted by Crippen LogP contribution is 2.43. The van der Waals surface area contributed by atoms with Gasteiger partial charge >= 0.3 is 5.97 Å². The Bertz CT molecular complexity index is 1090. The lowest BCUT2D eigenvalue weighted by Crippen LogP contribution is -2.38. The number of fused-ring (bicyclic) bond motifs is 2. The number of allylic oxidation sites excluding steroid dienone is 1. The number of nitrogens with two attached hydrogens (primary N) is 1. The van der Waals surface area contributed by atoms with Crippen LogP contribution in [0.1, 0.15) is 36.2 Å². The molecule has 1 saturated carbocycles. The molecule has 2 aromatic heterocycles. The highest BCUT2D eigenvalue weighted by molar-refractivity contribution is 6.37. The summed E-state index contributed by atoms with van der Waals surface area (Å²) >= 11 is 6.81. The molecule has 3 heterocycles. The molecule has 152 valence electrons. The molecule has 0 radical (unpaired) electrons. The summed E-state index contributed by atoms with van der Waals surface area (Å²) in [7, 11) is 0. The molecular weight excluding hydrogens is 392 g/mol. The summed E-state index contributed by atoms with van der Waals surface area (Å²) in [5.41, 5.74) is 6.12. The highest BCUT2D eigenvalue weighted by atomic mass is 35.5. The summed E-state index contributed by atoms with van der Waals surface area (Å²) in [6, 6.07) is 0.186. The van der Waals surface area contributed by atoms with E-state index in [0.717, 1.165) is 25.9 Å². The number of anilines is 1. The van der Waals surface area contributed by atoms with Gasteiger partial charge in [0.1, 0.15) is 16.4 Å². The number of carbonyl (C=O) groups is 1. The molecule has 29 heavy (non-hydrogen) atoms. The minimum atomic E-state index is -1.23. The van der Waals surface area contributed by atoms with Crippen molar-refractivity contribution in [2.75, 3.05) is 18.0 Å². The van der Waals surface area contributed by atoms with Gasteiger partial charge in [-0.2, -0.15) is 0 Å². The Hall–Kier alpha value is -2.38. The molecule has 4 atom stereocenters. The van der Waals surface area contributed by atoms with Crippen molar-refractivity contribution in [2.45, 2.75) is 31.8 Å². The Kier molecular flexibility index (Phi) is 4.22. The van der Waals surface area contributed by atoms with Crippen LogP contribution in [0.5, 0.6) is 0 Å². The first-order valence-corrected chi connectivity index (χ1v) is 10.4. The van der Waals surface area contributed by atoms with Crippen LogP contribution in [-0.4, -0.2) is 39.8 Å². The first-order chi connectivity index (χ1) is 13.9. The van der Waals surface area contributed by atoms with Crippen LogP contribution in [0.3, 0.4) is 0 Å². The SMILES string of the molecule is C[C@@H]1C=C[C@H](N)[C@@H]2CN(c3ncc4c(=O)c(C(=O)O)cn(C5CC5)c4c3Cl)C[C@@H]21. The summed E-state index contributed by atoms with van der Waals surface area (Å²) < 4.78 is 1.85. The van der Waals surface area contributed by atoms with E-state index in [4.69, 9.17) is 17.3 Å². The molecule has 0 amide bonds. The van der Waals surface area contributed by atoms with Crippen LogP contribution in [0.25, 0.3) is 10.9 Å². The zero-order chi connectivity index (χ0) is 20.4. The fourth-order valence-corrected chi connectivity index (χ4v) is 5.25. The van der Waals surface area contributed by atoms with Crippen LogP contribution >= 0.6 is 11.6 Å². The zero-order valence-electron chi connectivity index (χ0n) is 16.1. The van der Waals surface area contributed by atoms with E-state index in [1.54, 1.807) is 0 Å². The van der Waals surface area contributed by atoms with Crippen molar-refractivity contribution >= 4 is 34.3 Å². The summed E-state index contributed by atoms with van der Waals surface area (Å²) in [6.07, 6.45) is 9.07. The largest absolute Gasteiger partial charge is 0.477 e. The van der Waals surface area contributed by atoms with Crippen LogP contribution < -0.4 is 16.1 Å². The van der Waals surface area contributed by atoms with E-state index >= 15 is 0 Å². The molecule has 2 aliphatic carbocycles. The smallest absolute Gasteiger partial charge is 0.341 e. The number of nitrogens with zero attached hydrogens (tertiary/aromatic N) is 3. The molecule has 2 aromatic rings. The Labute approximate surface area is 172 Å². The highest BCUT2D eigenvalue weighted by Gasteiger charge is 2.41. The van der Waals surface area contributed by atoms with Crippen molar-refractivity contribution in [3.05, 3.63) is 45.4 Å². The number of aromatic nitrogens is 2. The quantitative estimate of drug-likeness (QED) is 0.749. The molecule has 0 bridgehead atoms. The number of halogens is 1. The molecule has 0 spiro atoms. The van der Waals surface area contributed by atoms with Gasteiger partial charge in [0.25, 0.3) is 0 Å². The monoisotopic (exact) mass is 414 g/mol. The first kappa shape index (κ1) is 18.6. The molecule has 1 aliphatic heterocycles. The van der Waals surface area contributed by atoms with E-state index in [0.29, 0.717) is 34.1 Å². The number of aromatic carboxylic acids is 1. The van der Waals surface area contributed by atoms with Crippen LogP contribution in [0.15, 0.2) is 29.3 Å². The topological polar surface area (TPSA) is 101 Å². The molecule has 1 saturated heterocycles. The second-order valence-corrected chi connectivity index (χ2v) is 8.91. The van der Waals surface area contributed by atoms with E-state index in [1.165, 1.54) is 12.4 Å². The lowest BCUT2D eigenvalue weighted by atomic mass is 9.77. The fraction of sp³-hybridized carbons (Fsp3) is 0.476. The van der Waals surface area contributed by atoms with Crippen molar-refractivity contribution in [3.8, 4) is 0 Å². The van der Waals surface area contributed by atoms with Gasteiger partial charge < -0.3 is 20.3 Å². The van der Waals surface area contributed by atoms with E-state index in [1.807, 2.05) is 4.57 Å². The van der Waals surface area contributed by atoms with E-state index in [-0.39, 0.29) is 23.0 Å². The van der Waals surface area contributed by atoms with E-state index in [9.17, 15) is 14.7 Å². The molecule has 3 N–H and O–H groups in total. The standard InChI is InChI=1S/C21H23ClN4O3/c1-10-2-5-16(23)14-8-25(7-13(10)14)20-17(22)18-12(6-24-20)19(27)15(21(28)29)9-26(18)11-3-4-11/h2,5-6,9-11,13-14,16H,3-4,7-8,23H2,1H3,(H,28,29)/t10-,13-,14-,16+/m1/s1. The van der Waals surface area contributed by atoms with E-state index < -0.39 is 11.4 Å². The lowest BCUT2D eigenvalue weighted by molar-refractivity contribution is 0.0695. The second-order valence-electron chi connectivity index (χ2n) is 8.53. The van der Waals surface area contributed by atoms with Gasteiger partial charge in [-0.1, -0.05) is 30.7 Å². The fourth-order valence-electron chi connectivity index (χ4n) is 4.89. The molecular formula is C21H23ClN4O3. The number of hydrogen-bond donors (Lipinski definition) is 2. The minimum Gasteiger partial charge on any atom is -0.477 e. The van der Waals surface area contributed by atoms with Gasteiger partial charge in [-0.25, -0.2) is 9.78 Å². The average Bonchev–Trinajstić information content (AvgIpc) is 3.43. The van der Waals surface area contributed by atoms with Gasteiger partial charge in [0, 0.05) is 43.5 Å². The lowest BCUT2D eigenvalue weighted by Gasteiger charge is -2.30. The van der Waals surface area contributed by atoms with Gasteiger partial charge in [0.05, 0.1) is 10.9 Å². The van der Waals surface area contributed by atoms with Gasteiger partial charge in [0.15, 0.2) is 0 Å². The maximum Gasteiger partial charge on any atom is 0.341 e. The predicted molar refractivity (Wildman–Crippen MR) is 112 cm³/mol. The summed E-state index contributed by atoms with van der Waals surface area (Å²) in [6.45, 7) is 3.78. The summed E-state index contributed by atoms with van der Waals surface area (Å²) in [5.74, 6) is 0.620. The third-order valence-electron chi connectivity index (χ3n) is 6.68. The maximum atomic E-state index is 12.7. The van der Waals surface area contributed by atoms with Crippen molar-refractivity contribution < 1.29 is 9.90 Å². The molecule has 5 rings (SSSR count). The van der Waals surface area contributed by atoms with Crippen LogP contribution in [0.2, 0.25) is 5.02 Å². The molecule has 8 heteroatoms.